The van der Waals surface area contributed by atoms with Gasteiger partial charge in [-0.2, -0.15) is 5.26 Å². The van der Waals surface area contributed by atoms with Crippen LogP contribution in [0.25, 0.3) is 39.5 Å². The number of fused-ring (bicyclic) bond motifs is 1. The quantitative estimate of drug-likeness (QED) is 0.242. The van der Waals surface area contributed by atoms with Gasteiger partial charge in [0.2, 0.25) is 5.82 Å². The van der Waals surface area contributed by atoms with Crippen LogP contribution in [0.3, 0.4) is 0 Å². The van der Waals surface area contributed by atoms with E-state index in [0.29, 0.717) is 22.9 Å². The van der Waals surface area contributed by atoms with Crippen molar-refractivity contribution in [1.82, 2.24) is 34.4 Å². The molecule has 6 aromatic rings. The Morgan fingerprint density at radius 3 is 2.34 bits per heavy atom. The van der Waals surface area contributed by atoms with E-state index >= 15 is 0 Å². The van der Waals surface area contributed by atoms with Crippen LogP contribution in [0.1, 0.15) is 25.2 Å². The maximum absolute atomic E-state index is 13.6. The molecule has 4 aromatic heterocycles. The molecule has 2 saturated heterocycles. The second-order valence-corrected chi connectivity index (χ2v) is 11.8. The normalized spacial score (nSPS) is 15.0. The first-order valence-electron chi connectivity index (χ1n) is 15.6. The molecule has 0 bridgehead atoms. The number of anilines is 2. The lowest BCUT2D eigenvalue weighted by molar-refractivity contribution is -0.0276. The van der Waals surface area contributed by atoms with E-state index in [9.17, 15) is 4.39 Å². The maximum atomic E-state index is 13.6. The zero-order chi connectivity index (χ0) is 32.5. The van der Waals surface area contributed by atoms with Crippen molar-refractivity contribution in [1.29, 1.82) is 5.26 Å². The van der Waals surface area contributed by atoms with Gasteiger partial charge in [-0.15, -0.1) is 0 Å². The highest BCUT2D eigenvalue weighted by molar-refractivity contribution is 5.84. The van der Waals surface area contributed by atoms with Gasteiger partial charge in [0.05, 0.1) is 11.3 Å². The lowest BCUT2D eigenvalue weighted by atomic mass is 9.72. The number of nitrogen functional groups attached to an aromatic ring is 1. The molecule has 0 unspecified atom stereocenters. The van der Waals surface area contributed by atoms with Gasteiger partial charge in [0.25, 0.3) is 0 Å². The smallest absolute Gasteiger partial charge is 0.234 e. The highest BCUT2D eigenvalue weighted by Crippen LogP contribution is 2.42. The molecule has 2 fully saturated rings. The molecule has 234 valence electrons. The Labute approximate surface area is 272 Å². The number of rotatable bonds is 6. The zero-order valence-electron chi connectivity index (χ0n) is 26.2. The van der Waals surface area contributed by atoms with E-state index in [4.69, 9.17) is 21.0 Å². The van der Waals surface area contributed by atoms with Crippen LogP contribution in [0.5, 0.6) is 0 Å². The third-order valence-electron chi connectivity index (χ3n) is 8.56. The largest absolute Gasteiger partial charge is 0.383 e. The molecule has 2 aliphatic rings. The molecule has 11 heteroatoms. The van der Waals surface area contributed by atoms with Crippen LogP contribution < -0.4 is 10.6 Å². The summed E-state index contributed by atoms with van der Waals surface area (Å²) < 4.78 is 15.6. The van der Waals surface area contributed by atoms with Gasteiger partial charge in [0.1, 0.15) is 29.0 Å². The number of likely N-dealkylation sites (tertiary alicyclic amines) is 1. The second-order valence-electron chi connectivity index (χ2n) is 11.8. The van der Waals surface area contributed by atoms with E-state index in [1.807, 2.05) is 54.8 Å². The summed E-state index contributed by atoms with van der Waals surface area (Å²) in [5.74, 6) is 1.77. The van der Waals surface area contributed by atoms with Crippen LogP contribution in [0, 0.1) is 22.6 Å². The Hall–Kier alpha value is -5.73. The first-order valence-corrected chi connectivity index (χ1v) is 15.6. The fourth-order valence-electron chi connectivity index (χ4n) is 6.50. The third-order valence-corrected chi connectivity index (χ3v) is 8.56. The maximum Gasteiger partial charge on any atom is 0.234 e. The fraction of sp³-hybridized carbons (Fsp3) is 0.222. The van der Waals surface area contributed by atoms with Crippen molar-refractivity contribution in [2.75, 3.05) is 36.8 Å². The minimum absolute atomic E-state index is 0.205. The standard InChI is InChI=1S/C34H27FN10.C2H6/c35-24-7-5-23(6-8-24)27-11-12-28-33(40-27)45(32(41-28)26-2-1-14-39-31(26)37)25-9-3-22(4-10-25)17-43-18-34(19-43)20-44(21-34)30-13-15-38-29(16-36)42-30;1-2/h1-15H,17-21H2,(H2,37,39);1-2H3. The summed E-state index contributed by atoms with van der Waals surface area (Å²) in [6.07, 6.45) is 3.30. The molecule has 6 heterocycles. The number of imidazole rings is 1. The minimum Gasteiger partial charge on any atom is -0.383 e. The molecule has 47 heavy (non-hydrogen) atoms. The highest BCUT2D eigenvalue weighted by atomic mass is 19.1. The van der Waals surface area contributed by atoms with Gasteiger partial charge in [-0.25, -0.2) is 29.3 Å². The summed E-state index contributed by atoms with van der Waals surface area (Å²) in [6, 6.07) is 26.2. The number of hydrogen-bond donors (Lipinski definition) is 1. The lowest BCUT2D eigenvalue weighted by Gasteiger charge is -2.60. The first kappa shape index (κ1) is 30.0. The van der Waals surface area contributed by atoms with E-state index in [1.165, 1.54) is 17.7 Å². The molecule has 0 saturated carbocycles. The van der Waals surface area contributed by atoms with Gasteiger partial charge < -0.3 is 10.6 Å². The van der Waals surface area contributed by atoms with Crippen molar-refractivity contribution in [2.45, 2.75) is 20.4 Å². The Bertz CT molecular complexity index is 2090. The minimum atomic E-state index is -0.292. The summed E-state index contributed by atoms with van der Waals surface area (Å²) >= 11 is 0. The average molecular weight is 625 g/mol. The Morgan fingerprint density at radius 2 is 1.62 bits per heavy atom. The number of benzene rings is 2. The van der Waals surface area contributed by atoms with E-state index in [2.05, 4.69) is 49.0 Å². The van der Waals surface area contributed by atoms with Gasteiger partial charge in [-0.05, 0) is 72.3 Å². The molecule has 8 rings (SSSR count). The SMILES string of the molecule is CC.N#Cc1nccc(N2CC3(CN(Cc4ccc(-n5c(-c6cccnc6N)nc6ccc(-c7ccc(F)cc7)nc65)cc4)C3)C2)n1. The number of hydrogen-bond acceptors (Lipinski definition) is 9. The number of pyridine rings is 2. The van der Waals surface area contributed by atoms with Crippen molar-refractivity contribution in [3.8, 4) is 34.4 Å². The van der Waals surface area contributed by atoms with Crippen LogP contribution in [0.2, 0.25) is 0 Å². The van der Waals surface area contributed by atoms with Crippen LogP contribution >= 0.6 is 0 Å². The average Bonchev–Trinajstić information content (AvgIpc) is 3.45. The molecule has 1 spiro atoms. The Morgan fingerprint density at radius 1 is 0.851 bits per heavy atom. The summed E-state index contributed by atoms with van der Waals surface area (Å²) in [4.78, 5) is 27.2. The number of halogens is 1. The molecule has 0 aliphatic carbocycles. The highest BCUT2D eigenvalue weighted by Gasteiger charge is 2.51. The lowest BCUT2D eigenvalue weighted by Crippen LogP contribution is -2.72. The van der Waals surface area contributed by atoms with Gasteiger partial charge in [0, 0.05) is 61.8 Å². The number of aromatic nitrogens is 6. The number of nitriles is 1. The Kier molecular flexibility index (Phi) is 7.79. The van der Waals surface area contributed by atoms with Crippen LogP contribution in [-0.2, 0) is 6.54 Å². The van der Waals surface area contributed by atoms with E-state index < -0.39 is 0 Å². The molecular weight excluding hydrogens is 591 g/mol. The summed E-state index contributed by atoms with van der Waals surface area (Å²) in [7, 11) is 0. The fourth-order valence-corrected chi connectivity index (χ4v) is 6.50. The van der Waals surface area contributed by atoms with Gasteiger partial charge >= 0.3 is 0 Å². The topological polar surface area (TPSA) is 126 Å². The first-order chi connectivity index (χ1) is 23.0. The Balaban J connectivity index is 0.00000172. The number of nitrogens with two attached hydrogens (primary N) is 1. The van der Waals surface area contributed by atoms with Crippen molar-refractivity contribution in [3.63, 3.8) is 0 Å². The summed E-state index contributed by atoms with van der Waals surface area (Å²) in [6.45, 7) is 8.77. The molecule has 2 N–H and O–H groups in total. The summed E-state index contributed by atoms with van der Waals surface area (Å²) in [5.41, 5.74) is 12.3. The van der Waals surface area contributed by atoms with E-state index in [1.54, 1.807) is 24.5 Å². The van der Waals surface area contributed by atoms with Gasteiger partial charge in [-0.1, -0.05) is 26.0 Å². The molecule has 0 amide bonds. The van der Waals surface area contributed by atoms with Crippen molar-refractivity contribution in [2.24, 2.45) is 5.41 Å². The van der Waals surface area contributed by atoms with Crippen molar-refractivity contribution in [3.05, 3.63) is 108 Å². The molecule has 2 aliphatic heterocycles. The van der Waals surface area contributed by atoms with Crippen LogP contribution in [0.15, 0.2) is 91.3 Å². The zero-order valence-corrected chi connectivity index (χ0v) is 26.2. The molecular formula is C36H33FN10. The second kappa shape index (κ2) is 12.2. The molecule has 0 radical (unpaired) electrons. The number of nitrogens with zero attached hydrogens (tertiary/aromatic N) is 9. The van der Waals surface area contributed by atoms with E-state index in [-0.39, 0.29) is 17.1 Å². The summed E-state index contributed by atoms with van der Waals surface area (Å²) in [5, 5.41) is 9.10. The van der Waals surface area contributed by atoms with Gasteiger partial charge in [0.15, 0.2) is 11.5 Å². The molecule has 2 aromatic carbocycles. The predicted molar refractivity (Wildman–Crippen MR) is 180 cm³/mol. The van der Waals surface area contributed by atoms with Gasteiger partial charge in [-0.3, -0.25) is 9.47 Å². The van der Waals surface area contributed by atoms with Crippen LogP contribution in [0.4, 0.5) is 16.0 Å². The van der Waals surface area contributed by atoms with Crippen LogP contribution in [-0.4, -0.2) is 60.6 Å². The molecule has 10 nitrogen and oxygen atoms in total. The van der Waals surface area contributed by atoms with Crippen molar-refractivity contribution < 1.29 is 4.39 Å². The molecule has 0 atom stereocenters. The van der Waals surface area contributed by atoms with E-state index in [0.717, 1.165) is 61.0 Å². The predicted octanol–water partition coefficient (Wildman–Crippen LogP) is 5.88. The third kappa shape index (κ3) is 5.64. The van der Waals surface area contributed by atoms with Crippen molar-refractivity contribution >= 4 is 22.8 Å². The monoisotopic (exact) mass is 624 g/mol.